The number of alkyl halides is 1. The van der Waals surface area contributed by atoms with Crippen LogP contribution < -0.4 is 0 Å². The molecule has 1 fully saturated rings. The van der Waals surface area contributed by atoms with Gasteiger partial charge in [0.25, 0.3) is 5.91 Å². The summed E-state index contributed by atoms with van der Waals surface area (Å²) in [5, 5.41) is 1.02. The molecular weight excluding hydrogens is 370 g/mol. The van der Waals surface area contributed by atoms with Crippen molar-refractivity contribution in [1.82, 2.24) is 4.90 Å². The number of carbonyl (C=O) groups excluding carboxylic acids is 1. The molecule has 1 atom stereocenters. The summed E-state index contributed by atoms with van der Waals surface area (Å²) in [6, 6.07) is 5.93. The third-order valence-electron chi connectivity index (χ3n) is 3.68. The van der Waals surface area contributed by atoms with Crippen molar-refractivity contribution in [3.63, 3.8) is 0 Å². The number of piperidine rings is 1. The van der Waals surface area contributed by atoms with Crippen molar-refractivity contribution >= 4 is 37.8 Å². The topological polar surface area (TPSA) is 20.3 Å². The molecule has 104 valence electrons. The molecule has 2 rings (SSSR count). The SMILES string of the molecule is Cc1ccc(C(=O)N2CCCC(CCBr)C2)c(Br)c1. The van der Waals surface area contributed by atoms with E-state index >= 15 is 0 Å². The average molecular weight is 389 g/mol. The quantitative estimate of drug-likeness (QED) is 0.703. The van der Waals surface area contributed by atoms with Gasteiger partial charge in [0.05, 0.1) is 5.56 Å². The lowest BCUT2D eigenvalue weighted by atomic mass is 9.95. The van der Waals surface area contributed by atoms with Gasteiger partial charge in [-0.25, -0.2) is 0 Å². The van der Waals surface area contributed by atoms with E-state index in [0.717, 1.165) is 41.3 Å². The third kappa shape index (κ3) is 3.82. The zero-order valence-electron chi connectivity index (χ0n) is 11.2. The number of likely N-dealkylation sites (tertiary alicyclic amines) is 1. The summed E-state index contributed by atoms with van der Waals surface area (Å²) in [5.74, 6) is 0.799. The summed E-state index contributed by atoms with van der Waals surface area (Å²) in [7, 11) is 0. The maximum Gasteiger partial charge on any atom is 0.255 e. The van der Waals surface area contributed by atoms with Gasteiger partial charge in [-0.15, -0.1) is 0 Å². The summed E-state index contributed by atoms with van der Waals surface area (Å²) in [6.45, 7) is 3.81. The second kappa shape index (κ2) is 6.89. The monoisotopic (exact) mass is 387 g/mol. The maximum absolute atomic E-state index is 12.6. The van der Waals surface area contributed by atoms with Crippen LogP contribution in [-0.2, 0) is 0 Å². The van der Waals surface area contributed by atoms with Crippen molar-refractivity contribution in [1.29, 1.82) is 0 Å². The standard InChI is InChI=1S/C15H19Br2NO/c1-11-4-5-13(14(17)9-11)15(19)18-8-2-3-12(10-18)6-7-16/h4-5,9,12H,2-3,6-8,10H2,1H3. The molecule has 1 aliphatic rings. The highest BCUT2D eigenvalue weighted by molar-refractivity contribution is 9.10. The number of rotatable bonds is 3. The molecule has 1 aliphatic heterocycles. The Labute approximate surface area is 131 Å². The minimum Gasteiger partial charge on any atom is -0.338 e. The Morgan fingerprint density at radius 3 is 2.95 bits per heavy atom. The van der Waals surface area contributed by atoms with E-state index in [-0.39, 0.29) is 5.91 Å². The van der Waals surface area contributed by atoms with Crippen LogP contribution in [0.3, 0.4) is 0 Å². The number of aryl methyl sites for hydroxylation is 1. The maximum atomic E-state index is 12.6. The molecule has 0 saturated carbocycles. The number of benzene rings is 1. The Bertz CT molecular complexity index is 459. The summed E-state index contributed by atoms with van der Waals surface area (Å²) < 4.78 is 0.903. The highest BCUT2D eigenvalue weighted by atomic mass is 79.9. The van der Waals surface area contributed by atoms with Crippen LogP contribution in [-0.4, -0.2) is 29.2 Å². The fraction of sp³-hybridized carbons (Fsp3) is 0.533. The van der Waals surface area contributed by atoms with E-state index in [1.54, 1.807) is 0 Å². The average Bonchev–Trinajstić information content (AvgIpc) is 2.39. The van der Waals surface area contributed by atoms with Crippen molar-refractivity contribution in [3.05, 3.63) is 33.8 Å². The van der Waals surface area contributed by atoms with Gasteiger partial charge >= 0.3 is 0 Å². The molecule has 0 bridgehead atoms. The van der Waals surface area contributed by atoms with E-state index in [9.17, 15) is 4.79 Å². The van der Waals surface area contributed by atoms with Crippen molar-refractivity contribution in [2.24, 2.45) is 5.92 Å². The summed E-state index contributed by atoms with van der Waals surface area (Å²) in [6.07, 6.45) is 3.51. The summed E-state index contributed by atoms with van der Waals surface area (Å²) in [4.78, 5) is 14.6. The number of hydrogen-bond donors (Lipinski definition) is 0. The molecule has 2 nitrogen and oxygen atoms in total. The number of carbonyl (C=O) groups is 1. The largest absolute Gasteiger partial charge is 0.338 e. The van der Waals surface area contributed by atoms with Crippen LogP contribution >= 0.6 is 31.9 Å². The predicted molar refractivity (Wildman–Crippen MR) is 85.9 cm³/mol. The van der Waals surface area contributed by atoms with Crippen molar-refractivity contribution < 1.29 is 4.79 Å². The minimum absolute atomic E-state index is 0.158. The fourth-order valence-corrected chi connectivity index (χ4v) is 3.91. The Morgan fingerprint density at radius 1 is 1.47 bits per heavy atom. The van der Waals surface area contributed by atoms with E-state index in [0.29, 0.717) is 5.92 Å². The highest BCUT2D eigenvalue weighted by Gasteiger charge is 2.25. The molecule has 0 N–H and O–H groups in total. The number of nitrogens with zero attached hydrogens (tertiary/aromatic N) is 1. The number of hydrogen-bond acceptors (Lipinski definition) is 1. The van der Waals surface area contributed by atoms with E-state index < -0.39 is 0 Å². The Hall–Kier alpha value is -0.350. The molecule has 19 heavy (non-hydrogen) atoms. The lowest BCUT2D eigenvalue weighted by Crippen LogP contribution is -2.40. The van der Waals surface area contributed by atoms with Gasteiger partial charge in [0.2, 0.25) is 0 Å². The molecule has 0 aliphatic carbocycles. The van der Waals surface area contributed by atoms with Gasteiger partial charge in [-0.1, -0.05) is 22.0 Å². The first kappa shape index (κ1) is 15.0. The van der Waals surface area contributed by atoms with Gasteiger partial charge < -0.3 is 4.90 Å². The van der Waals surface area contributed by atoms with Crippen molar-refractivity contribution in [3.8, 4) is 0 Å². The molecule has 0 aromatic heterocycles. The first-order valence-electron chi connectivity index (χ1n) is 6.73. The van der Waals surface area contributed by atoms with Crippen LogP contribution in [0.25, 0.3) is 0 Å². The van der Waals surface area contributed by atoms with E-state index in [2.05, 4.69) is 31.9 Å². The third-order valence-corrected chi connectivity index (χ3v) is 4.79. The van der Waals surface area contributed by atoms with Crippen LogP contribution in [0.4, 0.5) is 0 Å². The molecule has 1 amide bonds. The lowest BCUT2D eigenvalue weighted by molar-refractivity contribution is 0.0671. The molecule has 0 spiro atoms. The number of amides is 1. The van der Waals surface area contributed by atoms with Crippen LogP contribution in [0.15, 0.2) is 22.7 Å². The Morgan fingerprint density at radius 2 is 2.26 bits per heavy atom. The highest BCUT2D eigenvalue weighted by Crippen LogP contribution is 2.25. The van der Waals surface area contributed by atoms with Gasteiger partial charge in [-0.3, -0.25) is 4.79 Å². The van der Waals surface area contributed by atoms with Gasteiger partial charge in [0.15, 0.2) is 0 Å². The molecule has 4 heteroatoms. The van der Waals surface area contributed by atoms with Crippen LogP contribution in [0.2, 0.25) is 0 Å². The molecule has 0 radical (unpaired) electrons. The molecule has 1 saturated heterocycles. The molecule has 1 aromatic carbocycles. The normalized spacial score (nSPS) is 19.5. The number of halogens is 2. The molecule has 1 unspecified atom stereocenters. The molecule has 1 heterocycles. The molecule has 1 aromatic rings. The summed E-state index contributed by atoms with van der Waals surface area (Å²) >= 11 is 7.00. The van der Waals surface area contributed by atoms with Gasteiger partial charge in [0, 0.05) is 22.9 Å². The van der Waals surface area contributed by atoms with Crippen molar-refractivity contribution in [2.45, 2.75) is 26.2 Å². The van der Waals surface area contributed by atoms with E-state index in [1.807, 2.05) is 30.0 Å². The first-order chi connectivity index (χ1) is 9.11. The second-order valence-electron chi connectivity index (χ2n) is 5.22. The van der Waals surface area contributed by atoms with Crippen LogP contribution in [0.1, 0.15) is 35.2 Å². The van der Waals surface area contributed by atoms with Crippen molar-refractivity contribution in [2.75, 3.05) is 18.4 Å². The van der Waals surface area contributed by atoms with E-state index in [1.165, 1.54) is 12.0 Å². The zero-order valence-corrected chi connectivity index (χ0v) is 14.3. The van der Waals surface area contributed by atoms with Gasteiger partial charge in [-0.2, -0.15) is 0 Å². The lowest BCUT2D eigenvalue weighted by Gasteiger charge is -2.33. The Balaban J connectivity index is 2.10. The van der Waals surface area contributed by atoms with E-state index in [4.69, 9.17) is 0 Å². The predicted octanol–water partition coefficient (Wildman–Crippen LogP) is 4.39. The Kier molecular flexibility index (Phi) is 5.46. The first-order valence-corrected chi connectivity index (χ1v) is 8.64. The van der Waals surface area contributed by atoms with Crippen LogP contribution in [0, 0.1) is 12.8 Å². The summed E-state index contributed by atoms with van der Waals surface area (Å²) in [5.41, 5.74) is 1.95. The zero-order chi connectivity index (χ0) is 13.8. The second-order valence-corrected chi connectivity index (χ2v) is 6.87. The molecular formula is C15H19Br2NO. The smallest absolute Gasteiger partial charge is 0.255 e. The minimum atomic E-state index is 0.158. The fourth-order valence-electron chi connectivity index (χ4n) is 2.60. The van der Waals surface area contributed by atoms with Gasteiger partial charge in [-0.05, 0) is 65.7 Å². The van der Waals surface area contributed by atoms with Gasteiger partial charge in [0.1, 0.15) is 0 Å². The van der Waals surface area contributed by atoms with Crippen LogP contribution in [0.5, 0.6) is 0 Å².